The number of hydrogen-bond acceptors (Lipinski definition) is 5. The van der Waals surface area contributed by atoms with Crippen molar-refractivity contribution in [3.63, 3.8) is 0 Å². The van der Waals surface area contributed by atoms with E-state index in [0.717, 1.165) is 27.8 Å². The predicted molar refractivity (Wildman–Crippen MR) is 114 cm³/mol. The van der Waals surface area contributed by atoms with Crippen molar-refractivity contribution in [2.45, 2.75) is 12.8 Å². The maximum absolute atomic E-state index is 12.5. The van der Waals surface area contributed by atoms with E-state index >= 15 is 0 Å². The van der Waals surface area contributed by atoms with Gasteiger partial charge in [0, 0.05) is 24.5 Å². The molecule has 150 valence electrons. The molecule has 3 rings (SSSR count). The number of phenols is 1. The summed E-state index contributed by atoms with van der Waals surface area (Å²) in [6.07, 6.45) is 2.30. The van der Waals surface area contributed by atoms with Gasteiger partial charge >= 0.3 is 0 Å². The van der Waals surface area contributed by atoms with Crippen molar-refractivity contribution in [3.05, 3.63) is 69.6 Å². The van der Waals surface area contributed by atoms with Crippen LogP contribution in [-0.2, 0) is 16.0 Å². The van der Waals surface area contributed by atoms with E-state index < -0.39 is 5.91 Å². The number of amides is 3. The molecule has 2 aromatic rings. The molecular weight excluding hydrogens is 412 g/mol. The van der Waals surface area contributed by atoms with Crippen LogP contribution >= 0.6 is 23.4 Å². The molecule has 0 aromatic heterocycles. The van der Waals surface area contributed by atoms with E-state index in [0.29, 0.717) is 22.9 Å². The molecule has 1 aliphatic heterocycles. The Morgan fingerprint density at radius 2 is 1.79 bits per heavy atom. The number of phenolic OH excluding ortho intramolecular Hbond substituents is 1. The number of hydrogen-bond donors (Lipinski definition) is 2. The van der Waals surface area contributed by atoms with Gasteiger partial charge in [-0.2, -0.15) is 0 Å². The highest BCUT2D eigenvalue weighted by molar-refractivity contribution is 8.18. The summed E-state index contributed by atoms with van der Waals surface area (Å²) in [6, 6.07) is 13.7. The van der Waals surface area contributed by atoms with Crippen LogP contribution in [0.25, 0.3) is 6.08 Å². The van der Waals surface area contributed by atoms with E-state index in [2.05, 4.69) is 5.32 Å². The molecule has 0 spiro atoms. The van der Waals surface area contributed by atoms with Gasteiger partial charge in [-0.05, 0) is 59.7 Å². The van der Waals surface area contributed by atoms with E-state index in [9.17, 15) is 19.5 Å². The van der Waals surface area contributed by atoms with Gasteiger partial charge in [0.2, 0.25) is 5.91 Å². The third-order valence-corrected chi connectivity index (χ3v) is 5.44. The largest absolute Gasteiger partial charge is 0.508 e. The molecule has 0 saturated carbocycles. The Hall–Kier alpha value is -2.77. The van der Waals surface area contributed by atoms with Gasteiger partial charge in [-0.3, -0.25) is 19.3 Å². The number of nitrogens with one attached hydrogen (secondary N) is 1. The van der Waals surface area contributed by atoms with E-state index in [-0.39, 0.29) is 29.9 Å². The summed E-state index contributed by atoms with van der Waals surface area (Å²) in [5, 5.41) is 12.2. The molecule has 1 fully saturated rings. The first kappa shape index (κ1) is 21.0. The van der Waals surface area contributed by atoms with Crippen LogP contribution in [0.4, 0.5) is 4.79 Å². The SMILES string of the molecule is O=C(CCN1C(=O)SC(=Cc2ccc(Cl)cc2)C1=O)NCCc1ccc(O)cc1. The van der Waals surface area contributed by atoms with Crippen LogP contribution in [0.5, 0.6) is 5.75 Å². The number of imide groups is 1. The lowest BCUT2D eigenvalue weighted by Crippen LogP contribution is -2.34. The predicted octanol–water partition coefficient (Wildman–Crippen LogP) is 3.83. The maximum atomic E-state index is 12.5. The molecule has 1 aliphatic rings. The first-order valence-electron chi connectivity index (χ1n) is 8.98. The third kappa shape index (κ3) is 5.85. The molecule has 0 aliphatic carbocycles. The van der Waals surface area contributed by atoms with Crippen LogP contribution in [0.1, 0.15) is 17.5 Å². The zero-order valence-electron chi connectivity index (χ0n) is 15.4. The number of halogens is 1. The van der Waals surface area contributed by atoms with Crippen LogP contribution in [-0.4, -0.2) is 40.1 Å². The highest BCUT2D eigenvalue weighted by Gasteiger charge is 2.34. The molecule has 0 unspecified atom stereocenters. The van der Waals surface area contributed by atoms with Crippen LogP contribution in [0, 0.1) is 0 Å². The summed E-state index contributed by atoms with van der Waals surface area (Å²) >= 11 is 6.71. The molecule has 1 heterocycles. The van der Waals surface area contributed by atoms with E-state index in [1.807, 2.05) is 0 Å². The number of benzene rings is 2. The lowest BCUT2D eigenvalue weighted by Gasteiger charge is -2.12. The van der Waals surface area contributed by atoms with Crippen molar-refractivity contribution >= 4 is 46.5 Å². The number of thioether (sulfide) groups is 1. The second kappa shape index (κ2) is 9.62. The summed E-state index contributed by atoms with van der Waals surface area (Å²) in [6.45, 7) is 0.468. The van der Waals surface area contributed by atoms with Gasteiger partial charge in [0.15, 0.2) is 0 Å². The lowest BCUT2D eigenvalue weighted by molar-refractivity contribution is -0.124. The lowest BCUT2D eigenvalue weighted by atomic mass is 10.1. The molecule has 0 radical (unpaired) electrons. The number of nitrogens with zero attached hydrogens (tertiary/aromatic N) is 1. The number of carbonyl (C=O) groups excluding carboxylic acids is 3. The van der Waals surface area contributed by atoms with Crippen molar-refractivity contribution in [3.8, 4) is 5.75 Å². The Bertz CT molecular complexity index is 942. The highest BCUT2D eigenvalue weighted by atomic mass is 35.5. The summed E-state index contributed by atoms with van der Waals surface area (Å²) in [4.78, 5) is 38.0. The Balaban J connectivity index is 1.47. The zero-order chi connectivity index (χ0) is 20.8. The van der Waals surface area contributed by atoms with Crippen molar-refractivity contribution in [2.24, 2.45) is 0 Å². The monoisotopic (exact) mass is 430 g/mol. The highest BCUT2D eigenvalue weighted by Crippen LogP contribution is 2.32. The topological polar surface area (TPSA) is 86.7 Å². The quantitative estimate of drug-likeness (QED) is 0.652. The molecule has 6 nitrogen and oxygen atoms in total. The molecule has 3 amide bonds. The minimum absolute atomic E-state index is 0.0354. The average molecular weight is 431 g/mol. The normalized spacial score (nSPS) is 15.2. The fourth-order valence-electron chi connectivity index (χ4n) is 2.71. The molecule has 1 saturated heterocycles. The van der Waals surface area contributed by atoms with Crippen molar-refractivity contribution in [2.75, 3.05) is 13.1 Å². The number of aromatic hydroxyl groups is 1. The second-order valence-corrected chi connectivity index (χ2v) is 7.83. The fourth-order valence-corrected chi connectivity index (χ4v) is 3.70. The summed E-state index contributed by atoms with van der Waals surface area (Å²) in [5.74, 6) is -0.434. The zero-order valence-corrected chi connectivity index (χ0v) is 17.0. The Labute approximate surface area is 177 Å². The Kier molecular flexibility index (Phi) is 6.95. The van der Waals surface area contributed by atoms with Gasteiger partial charge in [-0.25, -0.2) is 0 Å². The third-order valence-electron chi connectivity index (χ3n) is 4.28. The van der Waals surface area contributed by atoms with Crippen molar-refractivity contribution in [1.29, 1.82) is 0 Å². The van der Waals surface area contributed by atoms with Gasteiger partial charge in [0.05, 0.1) is 4.91 Å². The van der Waals surface area contributed by atoms with Gasteiger partial charge < -0.3 is 10.4 Å². The maximum Gasteiger partial charge on any atom is 0.293 e. The number of rotatable bonds is 7. The summed E-state index contributed by atoms with van der Waals surface area (Å²) < 4.78 is 0. The molecule has 0 atom stereocenters. The van der Waals surface area contributed by atoms with E-state index in [1.165, 1.54) is 0 Å². The van der Waals surface area contributed by atoms with Gasteiger partial charge in [0.1, 0.15) is 5.75 Å². The second-order valence-electron chi connectivity index (χ2n) is 6.40. The smallest absolute Gasteiger partial charge is 0.293 e. The Morgan fingerprint density at radius 1 is 1.10 bits per heavy atom. The van der Waals surface area contributed by atoms with Gasteiger partial charge in [0.25, 0.3) is 11.1 Å². The first-order chi connectivity index (χ1) is 13.9. The van der Waals surface area contributed by atoms with Crippen molar-refractivity contribution in [1.82, 2.24) is 10.2 Å². The van der Waals surface area contributed by atoms with Crippen LogP contribution in [0.15, 0.2) is 53.4 Å². The fraction of sp³-hybridized carbons (Fsp3) is 0.190. The Morgan fingerprint density at radius 3 is 2.48 bits per heavy atom. The van der Waals surface area contributed by atoms with Crippen molar-refractivity contribution < 1.29 is 19.5 Å². The molecule has 8 heteroatoms. The van der Waals surface area contributed by atoms with Gasteiger partial charge in [-0.15, -0.1) is 0 Å². The summed E-state index contributed by atoms with van der Waals surface area (Å²) in [7, 11) is 0. The molecule has 0 bridgehead atoms. The van der Waals surface area contributed by atoms with E-state index in [4.69, 9.17) is 11.6 Å². The van der Waals surface area contributed by atoms with Gasteiger partial charge in [-0.1, -0.05) is 35.9 Å². The van der Waals surface area contributed by atoms with Crippen LogP contribution in [0.3, 0.4) is 0 Å². The molecule has 29 heavy (non-hydrogen) atoms. The average Bonchev–Trinajstić information content (AvgIpc) is 2.96. The standard InChI is InChI=1S/C21H19ClN2O4S/c22-16-5-1-15(2-6-16)13-18-20(27)24(21(28)29-18)12-10-19(26)23-11-9-14-3-7-17(25)8-4-14/h1-8,13,25H,9-12H2,(H,23,26). The molecule has 2 aromatic carbocycles. The first-order valence-corrected chi connectivity index (χ1v) is 10.2. The van der Waals surface area contributed by atoms with E-state index in [1.54, 1.807) is 54.6 Å². The molecule has 2 N–H and O–H groups in total. The minimum Gasteiger partial charge on any atom is -0.508 e. The van der Waals surface area contributed by atoms with Crippen LogP contribution < -0.4 is 5.32 Å². The minimum atomic E-state index is -0.396. The number of carbonyl (C=O) groups is 3. The van der Waals surface area contributed by atoms with Crippen LogP contribution in [0.2, 0.25) is 5.02 Å². The molecular formula is C21H19ClN2O4S. The summed E-state index contributed by atoms with van der Waals surface area (Å²) in [5.41, 5.74) is 1.76.